The average Bonchev–Trinajstić information content (AvgIpc) is 3.99. The van der Waals surface area contributed by atoms with Crippen LogP contribution in [0.3, 0.4) is 0 Å². The number of nitrogens with two attached hydrogens (primary N) is 3. The molecule has 0 aliphatic heterocycles. The second-order valence-electron chi connectivity index (χ2n) is 14.2. The molecule has 0 atom stereocenters. The number of halogens is 2. The number of carbonyl (C=O) groups is 3. The fraction of sp³-hybridized carbons (Fsp3) is 0.0426. The van der Waals surface area contributed by atoms with Crippen molar-refractivity contribution in [3.63, 3.8) is 0 Å². The Hall–Kier alpha value is -9.53. The molecule has 6 heterocycles. The van der Waals surface area contributed by atoms with Crippen LogP contribution in [-0.4, -0.2) is 46.8 Å². The maximum Gasteiger partial charge on any atom is 0.265 e. The molecule has 6 aromatic heterocycles. The lowest BCUT2D eigenvalue weighted by Gasteiger charge is -2.08. The number of aryl methyl sites for hydroxylation is 2. The van der Waals surface area contributed by atoms with Crippen LogP contribution in [0.1, 0.15) is 48.2 Å². The predicted molar refractivity (Wildman–Crippen MR) is 233 cm³/mol. The van der Waals surface area contributed by atoms with E-state index in [0.29, 0.717) is 72.1 Å². The van der Waals surface area contributed by atoms with Gasteiger partial charge in [0.15, 0.2) is 0 Å². The van der Waals surface area contributed by atoms with Crippen molar-refractivity contribution in [3.05, 3.63) is 161 Å². The van der Waals surface area contributed by atoms with Crippen LogP contribution in [0, 0.1) is 45.9 Å². The summed E-state index contributed by atoms with van der Waals surface area (Å²) in [5.74, 6) is -2.89. The van der Waals surface area contributed by atoms with E-state index >= 15 is 0 Å². The smallest absolute Gasteiger partial charge is 0.265 e. The van der Waals surface area contributed by atoms with Crippen LogP contribution in [0.15, 0.2) is 116 Å². The molecule has 0 aliphatic carbocycles. The van der Waals surface area contributed by atoms with Gasteiger partial charge in [-0.3, -0.25) is 19.4 Å². The highest BCUT2D eigenvalue weighted by molar-refractivity contribution is 6.05. The van der Waals surface area contributed by atoms with Crippen molar-refractivity contribution in [1.82, 2.24) is 29.1 Å². The highest BCUT2D eigenvalue weighted by Gasteiger charge is 2.18. The zero-order valence-electron chi connectivity index (χ0n) is 33.8. The molecule has 17 heteroatoms. The number of nitrogens with zero attached hydrogens (tertiary/aromatic N) is 8. The minimum Gasteiger partial charge on any atom is -0.364 e. The fourth-order valence-corrected chi connectivity index (χ4v) is 7.39. The van der Waals surface area contributed by atoms with Gasteiger partial charge >= 0.3 is 0 Å². The molecular weight excluding hydrogens is 819 g/mol. The lowest BCUT2D eigenvalue weighted by Crippen LogP contribution is -2.15. The Morgan fingerprint density at radius 1 is 0.547 bits per heavy atom. The molecule has 3 aromatic carbocycles. The van der Waals surface area contributed by atoms with Gasteiger partial charge in [0.1, 0.15) is 17.1 Å². The number of benzene rings is 3. The molecule has 0 saturated heterocycles. The Morgan fingerprint density at radius 2 is 0.969 bits per heavy atom. The molecule has 9 aromatic rings. The van der Waals surface area contributed by atoms with Crippen molar-refractivity contribution in [2.45, 2.75) is 0 Å². The zero-order valence-corrected chi connectivity index (χ0v) is 33.8. The number of primary amides is 3. The summed E-state index contributed by atoms with van der Waals surface area (Å²) >= 11 is 0. The van der Waals surface area contributed by atoms with Crippen LogP contribution >= 0.6 is 0 Å². The van der Waals surface area contributed by atoms with Gasteiger partial charge in [0.2, 0.25) is 11.9 Å². The molecule has 0 bridgehead atoms. The predicted octanol–water partition coefficient (Wildman–Crippen LogP) is 6.90. The molecule has 0 fully saturated rings. The van der Waals surface area contributed by atoms with Gasteiger partial charge in [-0.15, -0.1) is 0 Å². The van der Waals surface area contributed by atoms with Crippen molar-refractivity contribution in [2.24, 2.45) is 31.3 Å². The van der Waals surface area contributed by atoms with Crippen molar-refractivity contribution in [2.75, 3.05) is 0 Å². The quantitative estimate of drug-likeness (QED) is 0.127. The van der Waals surface area contributed by atoms with E-state index < -0.39 is 29.6 Å². The van der Waals surface area contributed by atoms with E-state index in [-0.39, 0.29) is 5.69 Å². The minimum absolute atomic E-state index is 0.232. The Labute approximate surface area is 361 Å². The molecule has 0 saturated carbocycles. The zero-order chi connectivity index (χ0) is 45.8. The number of nitrogens with one attached hydrogen (secondary N) is 1. The van der Waals surface area contributed by atoms with Gasteiger partial charge in [0.25, 0.3) is 17.7 Å². The number of carbonyl (C=O) groups excluding carboxylic acids is 3. The van der Waals surface area contributed by atoms with Gasteiger partial charge in [-0.2, -0.15) is 24.6 Å². The first-order valence-electron chi connectivity index (χ1n) is 18.9. The topological polar surface area (TPSA) is 265 Å². The van der Waals surface area contributed by atoms with Crippen molar-refractivity contribution in [1.29, 1.82) is 15.8 Å². The first kappa shape index (κ1) is 42.6. The first-order chi connectivity index (χ1) is 30.7. The lowest BCUT2D eigenvalue weighted by molar-refractivity contribution is 0.0984. The van der Waals surface area contributed by atoms with Gasteiger partial charge < -0.3 is 31.3 Å². The molecule has 312 valence electrons. The average molecular weight is 851 g/mol. The normalized spacial score (nSPS) is 10.5. The number of fused-ring (bicyclic) bond motifs is 3. The largest absolute Gasteiger partial charge is 0.364 e. The van der Waals surface area contributed by atoms with E-state index in [4.69, 9.17) is 22.5 Å². The van der Waals surface area contributed by atoms with Gasteiger partial charge in [0, 0.05) is 83.9 Å². The summed E-state index contributed by atoms with van der Waals surface area (Å²) in [4.78, 5) is 48.3. The number of H-pyrrole nitrogens is 1. The third-order valence-electron chi connectivity index (χ3n) is 10.2. The molecular formula is C47H32F2N12O3. The van der Waals surface area contributed by atoms with E-state index in [9.17, 15) is 33.7 Å². The second-order valence-corrected chi connectivity index (χ2v) is 14.2. The van der Waals surface area contributed by atoms with Crippen molar-refractivity contribution >= 4 is 50.4 Å². The monoisotopic (exact) mass is 850 g/mol. The highest BCUT2D eigenvalue weighted by Crippen LogP contribution is 2.34. The molecule has 3 amide bonds. The summed E-state index contributed by atoms with van der Waals surface area (Å²) in [6.07, 6.45) is 6.08. The molecule has 7 N–H and O–H groups in total. The maximum atomic E-state index is 13.4. The third-order valence-corrected chi connectivity index (χ3v) is 10.2. The van der Waals surface area contributed by atoms with E-state index in [0.717, 1.165) is 22.0 Å². The SMILES string of the molecule is Cn1c(C(N)=O)cc2cc(C#N)cc(-c3ccnc(F)c3)c21.Cn1c(C(N)=O)cc2cc(C#N)cc(-c3ccncc3)c21.N#Cc1cc(-c2ccnc(F)c2)c2[nH]c(C(N)=O)cc2c1. The van der Waals surface area contributed by atoms with Gasteiger partial charge in [-0.1, -0.05) is 0 Å². The number of aromatic nitrogens is 6. The van der Waals surface area contributed by atoms with Crippen LogP contribution in [0.25, 0.3) is 66.1 Å². The number of rotatable bonds is 6. The van der Waals surface area contributed by atoms with Crippen molar-refractivity contribution in [3.8, 4) is 51.6 Å². The fourth-order valence-electron chi connectivity index (χ4n) is 7.39. The van der Waals surface area contributed by atoms with Crippen molar-refractivity contribution < 1.29 is 23.2 Å². The molecule has 0 aliphatic rings. The number of pyridine rings is 3. The number of hydrogen-bond donors (Lipinski definition) is 4. The Kier molecular flexibility index (Phi) is 11.7. The summed E-state index contributed by atoms with van der Waals surface area (Å²) in [6.45, 7) is 0. The Morgan fingerprint density at radius 3 is 1.41 bits per heavy atom. The maximum absolute atomic E-state index is 13.4. The Balaban J connectivity index is 0.000000144. The number of amides is 3. The molecule has 0 radical (unpaired) electrons. The standard InChI is InChI=1S/C16H11FN4O.C16H12N4O.C15H9FN4O/c1-21-13(16(19)22)6-11-4-9(8-18)5-12(15(11)21)10-2-3-20-14(17)7-10;1-20-14(16(18)21)8-12-6-10(9-17)7-13(15(12)20)11-2-4-19-5-3-11;16-13-6-9(1-2-19-13)11-4-8(7-17)3-10-5-12(15(18)21)20-14(10)11/h2-7H,1H3,(H2,19,22);2-8H,1H3,(H2,18,21);1-6,20H,(H2,18,21). The third kappa shape index (κ3) is 8.42. The van der Waals surface area contributed by atoms with Crippen LogP contribution in [0.4, 0.5) is 8.78 Å². The van der Waals surface area contributed by atoms with Gasteiger partial charge in [-0.05, 0) is 95.6 Å². The van der Waals surface area contributed by atoms with E-state index in [2.05, 4.69) is 32.1 Å². The lowest BCUT2D eigenvalue weighted by atomic mass is 10.0. The number of hydrogen-bond acceptors (Lipinski definition) is 9. The van der Waals surface area contributed by atoms with E-state index in [1.165, 1.54) is 24.5 Å². The van der Waals surface area contributed by atoms with Crippen LogP contribution < -0.4 is 17.2 Å². The molecule has 0 spiro atoms. The van der Waals surface area contributed by atoms with E-state index in [1.807, 2.05) is 24.3 Å². The summed E-state index contributed by atoms with van der Waals surface area (Å²) in [7, 11) is 3.49. The summed E-state index contributed by atoms with van der Waals surface area (Å²) < 4.78 is 30.1. The van der Waals surface area contributed by atoms with Crippen LogP contribution in [-0.2, 0) is 14.1 Å². The van der Waals surface area contributed by atoms with Crippen LogP contribution in [0.5, 0.6) is 0 Å². The number of aromatic amines is 1. The molecule has 15 nitrogen and oxygen atoms in total. The summed E-state index contributed by atoms with van der Waals surface area (Å²) in [5, 5.41) is 29.6. The highest BCUT2D eigenvalue weighted by atomic mass is 19.1. The summed E-state index contributed by atoms with van der Waals surface area (Å²) in [6, 6.07) is 30.9. The molecule has 9 rings (SSSR count). The van der Waals surface area contributed by atoms with Crippen LogP contribution in [0.2, 0.25) is 0 Å². The number of nitriles is 3. The van der Waals surface area contributed by atoms with Gasteiger partial charge in [0.05, 0.1) is 51.4 Å². The minimum atomic E-state index is -0.621. The summed E-state index contributed by atoms with van der Waals surface area (Å²) in [5.41, 5.74) is 24.7. The Bertz CT molecular complexity index is 3480. The second kappa shape index (κ2) is 17.6. The molecule has 0 unspecified atom stereocenters. The molecule has 64 heavy (non-hydrogen) atoms. The van der Waals surface area contributed by atoms with Gasteiger partial charge in [-0.25, -0.2) is 9.97 Å². The first-order valence-corrected chi connectivity index (χ1v) is 18.9. The van der Waals surface area contributed by atoms with E-state index in [1.54, 1.807) is 96.3 Å².